The van der Waals surface area contributed by atoms with Crippen LogP contribution in [-0.2, 0) is 11.2 Å². The maximum Gasteiger partial charge on any atom is 0.224 e. The van der Waals surface area contributed by atoms with Crippen LogP contribution in [0, 0.1) is 0 Å². The Morgan fingerprint density at radius 1 is 1.11 bits per heavy atom. The number of rotatable bonds is 6. The lowest BCUT2D eigenvalue weighted by Gasteiger charge is -2.19. The quantitative estimate of drug-likeness (QED) is 0.730. The third-order valence-corrected chi connectivity index (χ3v) is 4.69. The number of aryl methyl sites for hydroxylation is 1. The van der Waals surface area contributed by atoms with Crippen molar-refractivity contribution in [1.29, 1.82) is 0 Å². The second-order valence-corrected chi connectivity index (χ2v) is 6.63. The maximum absolute atomic E-state index is 12.2. The Hall–Kier alpha value is -3.22. The number of hydrogen-bond acceptors (Lipinski definition) is 5. The summed E-state index contributed by atoms with van der Waals surface area (Å²) in [5.74, 6) is 0.706. The third kappa shape index (κ3) is 4.13. The Bertz CT molecular complexity index is 902. The van der Waals surface area contributed by atoms with Gasteiger partial charge in [-0.2, -0.15) is 5.10 Å². The highest BCUT2D eigenvalue weighted by atomic mass is 16.1. The average molecular weight is 362 g/mol. The number of hydrogen-bond donors (Lipinski definition) is 1. The molecule has 2 aromatic heterocycles. The van der Waals surface area contributed by atoms with E-state index in [9.17, 15) is 4.79 Å². The van der Waals surface area contributed by atoms with Crippen LogP contribution in [0.1, 0.15) is 24.8 Å². The molecule has 0 radical (unpaired) electrons. The lowest BCUT2D eigenvalue weighted by molar-refractivity contribution is -0.116. The number of carbonyl (C=O) groups excluding carboxylic acids is 1. The topological polar surface area (TPSA) is 75.9 Å². The first kappa shape index (κ1) is 17.2. The lowest BCUT2D eigenvalue weighted by Crippen LogP contribution is -2.20. The van der Waals surface area contributed by atoms with Crippen LogP contribution in [0.2, 0.25) is 0 Å². The van der Waals surface area contributed by atoms with E-state index >= 15 is 0 Å². The number of anilines is 2. The number of nitrogens with one attached hydrogen (secondary N) is 1. The normalized spacial score (nSPS) is 13.7. The van der Waals surface area contributed by atoms with Gasteiger partial charge in [-0.05, 0) is 24.8 Å². The molecule has 1 aliphatic rings. The highest BCUT2D eigenvalue weighted by molar-refractivity contribution is 5.90. The molecule has 1 N–H and O–H groups in total. The van der Waals surface area contributed by atoms with Crippen LogP contribution < -0.4 is 10.2 Å². The zero-order chi connectivity index (χ0) is 18.5. The van der Waals surface area contributed by atoms with Crippen molar-refractivity contribution in [2.24, 2.45) is 0 Å². The van der Waals surface area contributed by atoms with Crippen molar-refractivity contribution in [1.82, 2.24) is 19.7 Å². The molecule has 4 rings (SSSR count). The SMILES string of the molecule is O=C(CCc1ccccc1)Nc1cnn(-c2ncncc2N2CCCC2)c1. The van der Waals surface area contributed by atoms with Gasteiger partial charge in [0.2, 0.25) is 5.91 Å². The van der Waals surface area contributed by atoms with Gasteiger partial charge in [-0.3, -0.25) is 4.79 Å². The zero-order valence-corrected chi connectivity index (χ0v) is 15.1. The minimum Gasteiger partial charge on any atom is -0.367 e. The number of aromatic nitrogens is 4. The molecule has 1 fully saturated rings. The Balaban J connectivity index is 1.42. The molecule has 3 aromatic rings. The first-order valence-corrected chi connectivity index (χ1v) is 9.23. The van der Waals surface area contributed by atoms with E-state index in [-0.39, 0.29) is 5.91 Å². The molecule has 7 heteroatoms. The summed E-state index contributed by atoms with van der Waals surface area (Å²) in [6.07, 6.45) is 10.3. The van der Waals surface area contributed by atoms with Crippen molar-refractivity contribution in [2.75, 3.05) is 23.3 Å². The van der Waals surface area contributed by atoms with Gasteiger partial charge < -0.3 is 10.2 Å². The molecule has 0 unspecified atom stereocenters. The van der Waals surface area contributed by atoms with Crippen LogP contribution in [0.5, 0.6) is 0 Å². The van der Waals surface area contributed by atoms with Gasteiger partial charge in [0, 0.05) is 19.5 Å². The molecule has 7 nitrogen and oxygen atoms in total. The van der Waals surface area contributed by atoms with E-state index in [1.54, 1.807) is 17.1 Å². The highest BCUT2D eigenvalue weighted by Crippen LogP contribution is 2.25. The second-order valence-electron chi connectivity index (χ2n) is 6.63. The molecule has 1 aliphatic heterocycles. The Labute approximate surface area is 158 Å². The summed E-state index contributed by atoms with van der Waals surface area (Å²) < 4.78 is 1.70. The fourth-order valence-electron chi connectivity index (χ4n) is 3.30. The van der Waals surface area contributed by atoms with Crippen molar-refractivity contribution in [3.8, 4) is 5.82 Å². The molecule has 1 saturated heterocycles. The molecule has 0 spiro atoms. The third-order valence-electron chi connectivity index (χ3n) is 4.69. The van der Waals surface area contributed by atoms with Crippen LogP contribution in [0.4, 0.5) is 11.4 Å². The summed E-state index contributed by atoms with van der Waals surface area (Å²) in [6, 6.07) is 10.00. The second kappa shape index (κ2) is 7.99. The van der Waals surface area contributed by atoms with Crippen LogP contribution in [-0.4, -0.2) is 38.7 Å². The summed E-state index contributed by atoms with van der Waals surface area (Å²) in [4.78, 5) is 23.1. The van der Waals surface area contributed by atoms with E-state index in [4.69, 9.17) is 0 Å². The molecule has 138 valence electrons. The zero-order valence-electron chi connectivity index (χ0n) is 15.1. The fourth-order valence-corrected chi connectivity index (χ4v) is 3.30. The molecule has 0 saturated carbocycles. The van der Waals surface area contributed by atoms with Crippen molar-refractivity contribution in [3.63, 3.8) is 0 Å². The summed E-state index contributed by atoms with van der Waals surface area (Å²) in [7, 11) is 0. The van der Waals surface area contributed by atoms with E-state index < -0.39 is 0 Å². The molecule has 27 heavy (non-hydrogen) atoms. The fraction of sp³-hybridized carbons (Fsp3) is 0.300. The molecule has 0 aliphatic carbocycles. The van der Waals surface area contributed by atoms with Crippen molar-refractivity contribution < 1.29 is 4.79 Å². The van der Waals surface area contributed by atoms with E-state index in [2.05, 4.69) is 25.3 Å². The Kier molecular flexibility index (Phi) is 5.09. The Morgan fingerprint density at radius 2 is 1.93 bits per heavy atom. The molecular weight excluding hydrogens is 340 g/mol. The van der Waals surface area contributed by atoms with Gasteiger partial charge in [0.1, 0.15) is 12.0 Å². The minimum absolute atomic E-state index is 0.0270. The number of benzene rings is 1. The van der Waals surface area contributed by atoms with Crippen LogP contribution in [0.15, 0.2) is 55.2 Å². The summed E-state index contributed by atoms with van der Waals surface area (Å²) in [6.45, 7) is 2.01. The summed E-state index contributed by atoms with van der Waals surface area (Å²) in [5.41, 5.74) is 2.79. The first-order valence-electron chi connectivity index (χ1n) is 9.23. The van der Waals surface area contributed by atoms with Crippen LogP contribution >= 0.6 is 0 Å². The van der Waals surface area contributed by atoms with E-state index in [1.165, 1.54) is 19.2 Å². The monoisotopic (exact) mass is 362 g/mol. The number of nitrogens with zero attached hydrogens (tertiary/aromatic N) is 5. The van der Waals surface area contributed by atoms with Gasteiger partial charge in [0.25, 0.3) is 0 Å². The molecule has 1 aromatic carbocycles. The summed E-state index contributed by atoms with van der Waals surface area (Å²) >= 11 is 0. The molecule has 0 bridgehead atoms. The minimum atomic E-state index is -0.0270. The highest BCUT2D eigenvalue weighted by Gasteiger charge is 2.18. The molecule has 1 amide bonds. The maximum atomic E-state index is 12.2. The van der Waals surface area contributed by atoms with E-state index in [1.807, 2.05) is 36.5 Å². The van der Waals surface area contributed by atoms with Crippen molar-refractivity contribution in [2.45, 2.75) is 25.7 Å². The van der Waals surface area contributed by atoms with Gasteiger partial charge in [0.05, 0.1) is 24.3 Å². The van der Waals surface area contributed by atoms with Gasteiger partial charge >= 0.3 is 0 Å². The smallest absolute Gasteiger partial charge is 0.224 e. The predicted octanol–water partition coefficient (Wildman–Crippen LogP) is 2.83. The molecule has 0 atom stereocenters. The first-order chi connectivity index (χ1) is 13.3. The van der Waals surface area contributed by atoms with Gasteiger partial charge in [-0.1, -0.05) is 30.3 Å². The van der Waals surface area contributed by atoms with Crippen molar-refractivity contribution >= 4 is 17.3 Å². The van der Waals surface area contributed by atoms with E-state index in [0.29, 0.717) is 18.5 Å². The van der Waals surface area contributed by atoms with Gasteiger partial charge in [0.15, 0.2) is 5.82 Å². The van der Waals surface area contributed by atoms with Gasteiger partial charge in [-0.25, -0.2) is 14.6 Å². The number of amides is 1. The van der Waals surface area contributed by atoms with E-state index in [0.717, 1.165) is 30.2 Å². The van der Waals surface area contributed by atoms with Gasteiger partial charge in [-0.15, -0.1) is 0 Å². The van der Waals surface area contributed by atoms with Crippen LogP contribution in [0.25, 0.3) is 5.82 Å². The molecular formula is C20H22N6O. The molecule has 3 heterocycles. The van der Waals surface area contributed by atoms with Crippen LogP contribution in [0.3, 0.4) is 0 Å². The largest absolute Gasteiger partial charge is 0.367 e. The predicted molar refractivity (Wildman–Crippen MR) is 104 cm³/mol. The number of carbonyl (C=O) groups is 1. The summed E-state index contributed by atoms with van der Waals surface area (Å²) in [5, 5.41) is 7.29. The Morgan fingerprint density at radius 3 is 2.74 bits per heavy atom. The van der Waals surface area contributed by atoms with Crippen molar-refractivity contribution in [3.05, 3.63) is 60.8 Å². The lowest BCUT2D eigenvalue weighted by atomic mass is 10.1. The standard InChI is InChI=1S/C20H22N6O/c27-19(9-8-16-6-2-1-3-7-16)24-17-12-23-26(14-17)20-18(13-21-15-22-20)25-10-4-5-11-25/h1-3,6-7,12-15H,4-5,8-11H2,(H,24,27). The average Bonchev–Trinajstić information content (AvgIpc) is 3.39.